The Morgan fingerprint density at radius 3 is 2.75 bits per heavy atom. The average molecular weight is 309 g/mol. The van der Waals surface area contributed by atoms with Crippen molar-refractivity contribution in [3.63, 3.8) is 0 Å². The Morgan fingerprint density at radius 2 is 2.00 bits per heavy atom. The molecule has 1 aromatic heterocycles. The summed E-state index contributed by atoms with van der Waals surface area (Å²) in [6.07, 6.45) is 0. The fourth-order valence-electron chi connectivity index (χ4n) is 1.92. The van der Waals surface area contributed by atoms with Crippen molar-refractivity contribution in [3.05, 3.63) is 40.4 Å². The van der Waals surface area contributed by atoms with Crippen LogP contribution in [-0.4, -0.2) is 12.1 Å². The highest BCUT2D eigenvalue weighted by molar-refractivity contribution is 6.33. The van der Waals surface area contributed by atoms with Crippen molar-refractivity contribution < 1.29 is 9.15 Å². The fraction of sp³-hybridized carbons (Fsp3) is 0.0714. The van der Waals surface area contributed by atoms with Crippen LogP contribution in [0.25, 0.3) is 22.6 Å². The van der Waals surface area contributed by atoms with Crippen LogP contribution in [0.4, 0.5) is 5.69 Å². The van der Waals surface area contributed by atoms with Gasteiger partial charge in [0.15, 0.2) is 5.58 Å². The summed E-state index contributed by atoms with van der Waals surface area (Å²) in [5, 5.41) is 1.00. The summed E-state index contributed by atoms with van der Waals surface area (Å²) in [7, 11) is 1.55. The zero-order chi connectivity index (χ0) is 14.3. The topological polar surface area (TPSA) is 61.3 Å². The zero-order valence-corrected chi connectivity index (χ0v) is 12.0. The van der Waals surface area contributed by atoms with Gasteiger partial charge < -0.3 is 14.9 Å². The second-order valence-electron chi connectivity index (χ2n) is 4.21. The lowest BCUT2D eigenvalue weighted by Crippen LogP contribution is -1.93. The first-order valence-corrected chi connectivity index (χ1v) is 6.53. The Labute approximate surface area is 125 Å². The Balaban J connectivity index is 2.22. The minimum absolute atomic E-state index is 0.404. The van der Waals surface area contributed by atoms with E-state index < -0.39 is 0 Å². The lowest BCUT2D eigenvalue weighted by molar-refractivity contribution is 0.415. The third kappa shape index (κ3) is 2.17. The van der Waals surface area contributed by atoms with Gasteiger partial charge in [-0.25, -0.2) is 4.98 Å². The number of halogens is 2. The number of oxazole rings is 1. The summed E-state index contributed by atoms with van der Waals surface area (Å²) in [5.74, 6) is 0.950. The molecule has 0 saturated heterocycles. The van der Waals surface area contributed by atoms with Gasteiger partial charge in [-0.3, -0.25) is 0 Å². The summed E-state index contributed by atoms with van der Waals surface area (Å²) in [6.45, 7) is 0. The molecule has 2 aromatic carbocycles. The molecule has 1 heterocycles. The molecule has 102 valence electrons. The molecule has 4 nitrogen and oxygen atoms in total. The van der Waals surface area contributed by atoms with E-state index in [9.17, 15) is 0 Å². The standard InChI is InChI=1S/C14H10Cl2N2O2/c1-19-12-6-10(17)9(16)5-8(12)14-18-11-3-2-7(15)4-13(11)20-14/h2-6H,17H2,1H3. The number of nitrogens with two attached hydrogens (primary N) is 1. The predicted molar refractivity (Wildman–Crippen MR) is 80.4 cm³/mol. The molecule has 0 aliphatic carbocycles. The van der Waals surface area contributed by atoms with Crippen LogP contribution in [0.5, 0.6) is 5.75 Å². The van der Waals surface area contributed by atoms with Crippen molar-refractivity contribution >= 4 is 40.0 Å². The number of nitrogen functional groups attached to an aromatic ring is 1. The highest BCUT2D eigenvalue weighted by atomic mass is 35.5. The highest BCUT2D eigenvalue weighted by Gasteiger charge is 2.15. The average Bonchev–Trinajstić information content (AvgIpc) is 2.84. The molecule has 6 heteroatoms. The van der Waals surface area contributed by atoms with Crippen LogP contribution in [0.2, 0.25) is 10.0 Å². The molecular weight excluding hydrogens is 299 g/mol. The van der Waals surface area contributed by atoms with Gasteiger partial charge in [0.2, 0.25) is 5.89 Å². The molecule has 3 rings (SSSR count). The Kier molecular flexibility index (Phi) is 3.20. The predicted octanol–water partition coefficient (Wildman–Crippen LogP) is 4.39. The van der Waals surface area contributed by atoms with E-state index in [1.807, 2.05) is 0 Å². The van der Waals surface area contributed by atoms with Gasteiger partial charge in [-0.15, -0.1) is 0 Å². The lowest BCUT2D eigenvalue weighted by atomic mass is 10.2. The molecule has 0 saturated carbocycles. The molecule has 0 unspecified atom stereocenters. The number of aromatic nitrogens is 1. The molecule has 0 amide bonds. The first-order valence-electron chi connectivity index (χ1n) is 5.78. The maximum absolute atomic E-state index is 6.05. The van der Waals surface area contributed by atoms with Crippen molar-refractivity contribution in [3.8, 4) is 17.2 Å². The largest absolute Gasteiger partial charge is 0.496 e. The number of hydrogen-bond acceptors (Lipinski definition) is 4. The van der Waals surface area contributed by atoms with Crippen LogP contribution in [0.15, 0.2) is 34.7 Å². The normalized spacial score (nSPS) is 10.9. The molecule has 0 bridgehead atoms. The van der Waals surface area contributed by atoms with Gasteiger partial charge in [-0.2, -0.15) is 0 Å². The summed E-state index contributed by atoms with van der Waals surface area (Å²) >= 11 is 12.0. The van der Waals surface area contributed by atoms with Gasteiger partial charge in [0.25, 0.3) is 0 Å². The van der Waals surface area contributed by atoms with Crippen molar-refractivity contribution in [2.75, 3.05) is 12.8 Å². The van der Waals surface area contributed by atoms with Crippen LogP contribution in [0, 0.1) is 0 Å². The number of anilines is 1. The van der Waals surface area contributed by atoms with Crippen LogP contribution in [-0.2, 0) is 0 Å². The zero-order valence-electron chi connectivity index (χ0n) is 10.5. The number of fused-ring (bicyclic) bond motifs is 1. The number of nitrogens with zero attached hydrogens (tertiary/aromatic N) is 1. The van der Waals surface area contributed by atoms with E-state index in [1.54, 1.807) is 37.4 Å². The molecule has 0 aliphatic heterocycles. The van der Waals surface area contributed by atoms with Crippen LogP contribution in [0.1, 0.15) is 0 Å². The Hall–Kier alpha value is -1.91. The van der Waals surface area contributed by atoms with E-state index in [2.05, 4.69) is 4.98 Å². The third-order valence-corrected chi connectivity index (χ3v) is 3.46. The quantitative estimate of drug-likeness (QED) is 0.713. The molecule has 20 heavy (non-hydrogen) atoms. The molecule has 2 N–H and O–H groups in total. The van der Waals surface area contributed by atoms with E-state index in [0.29, 0.717) is 44.0 Å². The van der Waals surface area contributed by atoms with Gasteiger partial charge in [-0.05, 0) is 18.2 Å². The molecule has 0 aliphatic rings. The van der Waals surface area contributed by atoms with Crippen LogP contribution >= 0.6 is 23.2 Å². The Morgan fingerprint density at radius 1 is 1.20 bits per heavy atom. The molecule has 0 fully saturated rings. The second kappa shape index (κ2) is 4.89. The highest BCUT2D eigenvalue weighted by Crippen LogP contribution is 2.37. The lowest BCUT2D eigenvalue weighted by Gasteiger charge is -2.07. The second-order valence-corrected chi connectivity index (χ2v) is 5.05. The van der Waals surface area contributed by atoms with Crippen molar-refractivity contribution in [1.82, 2.24) is 4.98 Å². The number of hydrogen-bond donors (Lipinski definition) is 1. The van der Waals surface area contributed by atoms with E-state index in [1.165, 1.54) is 0 Å². The monoisotopic (exact) mass is 308 g/mol. The van der Waals surface area contributed by atoms with Crippen LogP contribution in [0.3, 0.4) is 0 Å². The Bertz CT molecular complexity index is 799. The molecule has 3 aromatic rings. The molecule has 0 atom stereocenters. The van der Waals surface area contributed by atoms with Crippen LogP contribution < -0.4 is 10.5 Å². The smallest absolute Gasteiger partial charge is 0.231 e. The van der Waals surface area contributed by atoms with Gasteiger partial charge in [-0.1, -0.05) is 23.2 Å². The first-order chi connectivity index (χ1) is 9.58. The number of methoxy groups -OCH3 is 1. The fourth-order valence-corrected chi connectivity index (χ4v) is 2.24. The minimum Gasteiger partial charge on any atom is -0.496 e. The van der Waals surface area contributed by atoms with Crippen molar-refractivity contribution in [2.45, 2.75) is 0 Å². The van der Waals surface area contributed by atoms with E-state index in [0.717, 1.165) is 0 Å². The minimum atomic E-state index is 0.404. The number of rotatable bonds is 2. The SMILES string of the molecule is COc1cc(N)c(Cl)cc1-c1nc2ccc(Cl)cc2o1. The van der Waals surface area contributed by atoms with Gasteiger partial charge in [0.05, 0.1) is 23.4 Å². The first kappa shape index (κ1) is 13.1. The molecule has 0 radical (unpaired) electrons. The van der Waals surface area contributed by atoms with Gasteiger partial charge >= 0.3 is 0 Å². The third-order valence-electron chi connectivity index (χ3n) is 2.90. The number of benzene rings is 2. The van der Waals surface area contributed by atoms with Crippen molar-refractivity contribution in [1.29, 1.82) is 0 Å². The summed E-state index contributed by atoms with van der Waals surface area (Å²) < 4.78 is 11.0. The maximum Gasteiger partial charge on any atom is 0.231 e. The van der Waals surface area contributed by atoms with E-state index in [4.69, 9.17) is 38.1 Å². The summed E-state index contributed by atoms with van der Waals surface area (Å²) in [6, 6.07) is 8.56. The molecular formula is C14H10Cl2N2O2. The number of ether oxygens (including phenoxy) is 1. The molecule has 0 spiro atoms. The maximum atomic E-state index is 6.05. The van der Waals surface area contributed by atoms with Gasteiger partial charge in [0, 0.05) is 17.2 Å². The van der Waals surface area contributed by atoms with Crippen molar-refractivity contribution in [2.24, 2.45) is 0 Å². The summed E-state index contributed by atoms with van der Waals surface area (Å²) in [4.78, 5) is 4.40. The van der Waals surface area contributed by atoms with E-state index in [-0.39, 0.29) is 0 Å². The summed E-state index contributed by atoms with van der Waals surface area (Å²) in [5.41, 5.74) is 8.14. The van der Waals surface area contributed by atoms with Gasteiger partial charge in [0.1, 0.15) is 11.3 Å². The van der Waals surface area contributed by atoms with E-state index >= 15 is 0 Å².